The molecule has 3 saturated heterocycles. The first-order chi connectivity index (χ1) is 19.2. The van der Waals surface area contributed by atoms with Gasteiger partial charge in [-0.2, -0.15) is 5.26 Å². The van der Waals surface area contributed by atoms with Gasteiger partial charge in [0, 0.05) is 67.2 Å². The third-order valence-electron chi connectivity index (χ3n) is 10.0. The molecule has 0 aromatic heterocycles. The maximum absolute atomic E-state index is 13.6. The predicted octanol–water partition coefficient (Wildman–Crippen LogP) is 3.16. The van der Waals surface area contributed by atoms with Gasteiger partial charge in [-0.05, 0) is 63.7 Å². The summed E-state index contributed by atoms with van der Waals surface area (Å²) in [6, 6.07) is 2.78. The standard InChI is InChI=1S/C28H42ClF2N5O3S/c1-14-7-17(18-8-15(10-32)3-6-23(18)39-2)20(11-33-14)26(37)35-28-34-22-12-36(13-24(22)40-28)27(38)16-4-5-21(29)19(9-16)25(30)31/h14-25,28,33-34H,3-9,11-13H2,1-2H3,(H,35,37). The number of fused-ring (bicyclic) bond motifs is 1. The van der Waals surface area contributed by atoms with E-state index in [4.69, 9.17) is 16.3 Å². The number of hydrogen-bond donors (Lipinski definition) is 3. The molecule has 224 valence electrons. The average molecular weight is 602 g/mol. The number of amides is 2. The third-order valence-corrected chi connectivity index (χ3v) is 11.9. The maximum atomic E-state index is 13.6. The normalized spacial score (nSPS) is 43.8. The van der Waals surface area contributed by atoms with Crippen molar-refractivity contribution >= 4 is 35.2 Å². The lowest BCUT2D eigenvalue weighted by atomic mass is 9.66. The summed E-state index contributed by atoms with van der Waals surface area (Å²) in [5, 5.41) is 19.3. The Labute approximate surface area is 245 Å². The number of nitrogens with one attached hydrogen (secondary N) is 3. The first-order valence-corrected chi connectivity index (χ1v) is 16.1. The van der Waals surface area contributed by atoms with Gasteiger partial charge in [0.1, 0.15) is 5.50 Å². The molecule has 3 aliphatic heterocycles. The van der Waals surface area contributed by atoms with E-state index >= 15 is 0 Å². The highest BCUT2D eigenvalue weighted by Crippen LogP contribution is 2.43. The van der Waals surface area contributed by atoms with Gasteiger partial charge in [-0.3, -0.25) is 14.9 Å². The van der Waals surface area contributed by atoms with Gasteiger partial charge in [-0.25, -0.2) is 8.78 Å². The second kappa shape index (κ2) is 13.0. The van der Waals surface area contributed by atoms with E-state index in [1.54, 1.807) is 23.8 Å². The van der Waals surface area contributed by atoms with Crippen LogP contribution in [-0.2, 0) is 14.3 Å². The third kappa shape index (κ3) is 6.41. The Morgan fingerprint density at radius 3 is 2.65 bits per heavy atom. The summed E-state index contributed by atoms with van der Waals surface area (Å²) in [6.45, 7) is 3.80. The molecule has 12 heteroatoms. The fourth-order valence-electron chi connectivity index (χ4n) is 7.82. The lowest BCUT2D eigenvalue weighted by Crippen LogP contribution is -2.55. The largest absolute Gasteiger partial charge is 0.381 e. The first-order valence-electron chi connectivity index (χ1n) is 14.8. The number of piperidine rings is 1. The van der Waals surface area contributed by atoms with Crippen LogP contribution in [0.2, 0.25) is 0 Å². The molecule has 0 radical (unpaired) electrons. The zero-order valence-corrected chi connectivity index (χ0v) is 24.8. The summed E-state index contributed by atoms with van der Waals surface area (Å²) < 4.78 is 32.6. The molecule has 0 aromatic rings. The van der Waals surface area contributed by atoms with Crippen LogP contribution >= 0.6 is 23.4 Å². The number of thioether (sulfide) groups is 1. The quantitative estimate of drug-likeness (QED) is 0.402. The van der Waals surface area contributed by atoms with E-state index < -0.39 is 23.6 Å². The highest BCUT2D eigenvalue weighted by Gasteiger charge is 2.48. The molecule has 12 atom stereocenters. The molecule has 2 aliphatic carbocycles. The monoisotopic (exact) mass is 601 g/mol. The number of ether oxygens (including phenoxy) is 1. The topological polar surface area (TPSA) is 106 Å². The zero-order chi connectivity index (χ0) is 28.6. The molecule has 12 unspecified atom stereocenters. The van der Waals surface area contributed by atoms with Gasteiger partial charge in [-0.1, -0.05) is 0 Å². The number of likely N-dealkylation sites (tertiary alicyclic amines) is 1. The second-order valence-corrected chi connectivity index (χ2v) is 14.4. The molecule has 8 nitrogen and oxygen atoms in total. The number of methoxy groups -OCH3 is 1. The molecule has 5 aliphatic rings. The fraction of sp³-hybridized carbons (Fsp3) is 0.893. The van der Waals surface area contributed by atoms with Crippen LogP contribution in [0.4, 0.5) is 8.78 Å². The molecule has 3 heterocycles. The van der Waals surface area contributed by atoms with Gasteiger partial charge in [0.25, 0.3) is 0 Å². The van der Waals surface area contributed by atoms with Crippen molar-refractivity contribution in [2.75, 3.05) is 26.7 Å². The Morgan fingerprint density at radius 1 is 1.15 bits per heavy atom. The molecule has 2 saturated carbocycles. The van der Waals surface area contributed by atoms with Gasteiger partial charge in [0.2, 0.25) is 18.2 Å². The van der Waals surface area contributed by atoms with Crippen LogP contribution in [0.1, 0.15) is 51.9 Å². The Bertz CT molecular complexity index is 961. The summed E-state index contributed by atoms with van der Waals surface area (Å²) in [7, 11) is 1.73. The van der Waals surface area contributed by atoms with E-state index in [-0.39, 0.29) is 64.8 Å². The van der Waals surface area contributed by atoms with Crippen LogP contribution in [0.25, 0.3) is 0 Å². The van der Waals surface area contributed by atoms with Crippen molar-refractivity contribution in [1.29, 1.82) is 5.26 Å². The minimum atomic E-state index is -2.51. The van der Waals surface area contributed by atoms with Crippen molar-refractivity contribution in [2.45, 2.75) is 92.6 Å². The number of nitriles is 1. The van der Waals surface area contributed by atoms with Crippen LogP contribution in [0.5, 0.6) is 0 Å². The molecule has 0 aromatic carbocycles. The van der Waals surface area contributed by atoms with Crippen LogP contribution in [0.3, 0.4) is 0 Å². The molecule has 5 rings (SSSR count). The second-order valence-electron chi connectivity index (χ2n) is 12.5. The number of alkyl halides is 3. The summed E-state index contributed by atoms with van der Waals surface area (Å²) in [4.78, 5) is 28.6. The van der Waals surface area contributed by atoms with Crippen LogP contribution < -0.4 is 16.0 Å². The number of nitrogens with zero attached hydrogens (tertiary/aromatic N) is 2. The van der Waals surface area contributed by atoms with E-state index in [2.05, 4.69) is 28.9 Å². The molecule has 2 amide bonds. The van der Waals surface area contributed by atoms with Gasteiger partial charge in [0.15, 0.2) is 0 Å². The number of hydrogen-bond acceptors (Lipinski definition) is 7. The maximum Gasteiger partial charge on any atom is 0.242 e. The predicted molar refractivity (Wildman–Crippen MR) is 150 cm³/mol. The lowest BCUT2D eigenvalue weighted by molar-refractivity contribution is -0.137. The van der Waals surface area contributed by atoms with Gasteiger partial charge >= 0.3 is 0 Å². The summed E-state index contributed by atoms with van der Waals surface area (Å²) >= 11 is 7.74. The SMILES string of the molecule is COC1CCC(C#N)CC1C1CC(C)NCC1C(=O)NC1NC2CN(C(=O)C3CCC(Cl)C(C(F)F)C3)CC2S1. The van der Waals surface area contributed by atoms with Crippen molar-refractivity contribution in [1.82, 2.24) is 20.9 Å². The molecule has 3 N–H and O–H groups in total. The lowest BCUT2D eigenvalue weighted by Gasteiger charge is -2.44. The molecular formula is C28H42ClF2N5O3S. The highest BCUT2D eigenvalue weighted by molar-refractivity contribution is 8.00. The summed E-state index contributed by atoms with van der Waals surface area (Å²) in [6.07, 6.45) is 2.01. The van der Waals surface area contributed by atoms with Gasteiger partial charge in [-0.15, -0.1) is 23.4 Å². The van der Waals surface area contributed by atoms with Crippen molar-refractivity contribution in [3.8, 4) is 6.07 Å². The van der Waals surface area contributed by atoms with Crippen molar-refractivity contribution in [3.63, 3.8) is 0 Å². The molecule has 0 spiro atoms. The number of rotatable bonds is 6. The first kappa shape index (κ1) is 30.3. The average Bonchev–Trinajstić information content (AvgIpc) is 3.51. The fourth-order valence-corrected chi connectivity index (χ4v) is 9.56. The molecule has 5 fully saturated rings. The van der Waals surface area contributed by atoms with E-state index in [0.717, 1.165) is 25.7 Å². The minimum absolute atomic E-state index is 0.00659. The molecular weight excluding hydrogens is 560 g/mol. The zero-order valence-electron chi connectivity index (χ0n) is 23.2. The minimum Gasteiger partial charge on any atom is -0.381 e. The number of halogens is 3. The van der Waals surface area contributed by atoms with Crippen LogP contribution in [0.15, 0.2) is 0 Å². The van der Waals surface area contributed by atoms with E-state index in [9.17, 15) is 23.6 Å². The van der Waals surface area contributed by atoms with Crippen molar-refractivity contribution < 1.29 is 23.1 Å². The number of carbonyl (C=O) groups excluding carboxylic acids is 2. The smallest absolute Gasteiger partial charge is 0.242 e. The number of carbonyl (C=O) groups is 2. The molecule has 40 heavy (non-hydrogen) atoms. The summed E-state index contributed by atoms with van der Waals surface area (Å²) in [5.41, 5.74) is -0.244. The van der Waals surface area contributed by atoms with E-state index in [1.165, 1.54) is 0 Å². The van der Waals surface area contributed by atoms with Crippen LogP contribution in [-0.4, -0.2) is 84.2 Å². The highest BCUT2D eigenvalue weighted by atomic mass is 35.5. The van der Waals surface area contributed by atoms with E-state index in [0.29, 0.717) is 38.5 Å². The van der Waals surface area contributed by atoms with E-state index in [1.807, 2.05) is 0 Å². The Balaban J connectivity index is 1.16. The Kier molecular flexibility index (Phi) is 9.83. The van der Waals surface area contributed by atoms with Gasteiger partial charge < -0.3 is 20.3 Å². The van der Waals surface area contributed by atoms with Crippen LogP contribution in [0, 0.1) is 46.8 Å². The Morgan fingerprint density at radius 2 is 1.95 bits per heavy atom. The van der Waals surface area contributed by atoms with Crippen molar-refractivity contribution in [3.05, 3.63) is 0 Å². The summed E-state index contributed by atoms with van der Waals surface area (Å²) in [5.74, 6) is -1.27. The van der Waals surface area contributed by atoms with Gasteiger partial charge in [0.05, 0.1) is 18.1 Å². The molecule has 0 bridgehead atoms. The Hall–Kier alpha value is -1.19. The van der Waals surface area contributed by atoms with Crippen molar-refractivity contribution in [2.24, 2.45) is 35.5 Å².